The number of fused-ring (bicyclic) bond motifs is 1. The predicted molar refractivity (Wildman–Crippen MR) is 75.2 cm³/mol. The number of rotatable bonds is 4. The van der Waals surface area contributed by atoms with Crippen LogP contribution in [0.15, 0.2) is 24.5 Å². The van der Waals surface area contributed by atoms with E-state index in [1.54, 1.807) is 26.2 Å². The van der Waals surface area contributed by atoms with Crippen molar-refractivity contribution in [1.29, 1.82) is 0 Å². The van der Waals surface area contributed by atoms with Crippen LogP contribution in [0.25, 0.3) is 11.0 Å². The Kier molecular flexibility index (Phi) is 3.45. The number of pyridine rings is 1. The number of ketones is 1. The third-order valence-electron chi connectivity index (χ3n) is 2.98. The zero-order valence-corrected chi connectivity index (χ0v) is 11.8. The minimum atomic E-state index is -0.846. The van der Waals surface area contributed by atoms with Crippen LogP contribution in [0.5, 0.6) is 0 Å². The molecule has 2 rings (SSSR count). The second-order valence-electron chi connectivity index (χ2n) is 5.88. The summed E-state index contributed by atoms with van der Waals surface area (Å²) in [7, 11) is 0. The highest BCUT2D eigenvalue weighted by Crippen LogP contribution is 2.23. The first-order chi connectivity index (χ1) is 8.79. The average molecular weight is 260 g/mol. The molecule has 0 radical (unpaired) electrons. The molecule has 0 atom stereocenters. The van der Waals surface area contributed by atoms with Crippen LogP contribution in [0.1, 0.15) is 38.1 Å². The summed E-state index contributed by atoms with van der Waals surface area (Å²) >= 11 is 0. The molecule has 4 heteroatoms. The molecule has 2 heterocycles. The van der Waals surface area contributed by atoms with Crippen molar-refractivity contribution < 1.29 is 9.90 Å². The van der Waals surface area contributed by atoms with Gasteiger partial charge in [-0.2, -0.15) is 0 Å². The van der Waals surface area contributed by atoms with Gasteiger partial charge in [0, 0.05) is 29.3 Å². The maximum absolute atomic E-state index is 12.2. The van der Waals surface area contributed by atoms with Gasteiger partial charge in [0.15, 0.2) is 5.78 Å². The van der Waals surface area contributed by atoms with E-state index in [1.165, 1.54) is 0 Å². The molecule has 4 nitrogen and oxygen atoms in total. The van der Waals surface area contributed by atoms with Crippen LogP contribution in [0.3, 0.4) is 0 Å². The molecule has 0 aliphatic heterocycles. The van der Waals surface area contributed by atoms with E-state index in [-0.39, 0.29) is 11.7 Å². The maximum Gasteiger partial charge on any atom is 0.167 e. The van der Waals surface area contributed by atoms with Crippen molar-refractivity contribution in [2.45, 2.75) is 39.8 Å². The molecular formula is C15H20N2O2. The summed E-state index contributed by atoms with van der Waals surface area (Å²) in [5, 5.41) is 10.8. The summed E-state index contributed by atoms with van der Waals surface area (Å²) < 4.78 is 1.85. The Morgan fingerprint density at radius 3 is 2.74 bits per heavy atom. The highest BCUT2D eigenvalue weighted by Gasteiger charge is 2.21. The van der Waals surface area contributed by atoms with Crippen LogP contribution < -0.4 is 0 Å². The molecule has 0 spiro atoms. The number of hydrogen-bond donors (Lipinski definition) is 1. The number of Topliss-reactive ketones (excluding diaryl/α,β-unsaturated/α-hetero) is 1. The molecule has 0 saturated carbocycles. The molecule has 0 aliphatic carbocycles. The Hall–Kier alpha value is -1.68. The monoisotopic (exact) mass is 260 g/mol. The number of aliphatic hydroxyl groups is 1. The Balaban J connectivity index is 2.58. The first kappa shape index (κ1) is 13.7. The summed E-state index contributed by atoms with van der Waals surface area (Å²) in [4.78, 5) is 16.6. The Morgan fingerprint density at radius 1 is 1.47 bits per heavy atom. The van der Waals surface area contributed by atoms with Crippen LogP contribution >= 0.6 is 0 Å². The molecule has 19 heavy (non-hydrogen) atoms. The second kappa shape index (κ2) is 4.78. The quantitative estimate of drug-likeness (QED) is 0.860. The lowest BCUT2D eigenvalue weighted by Crippen LogP contribution is -2.25. The lowest BCUT2D eigenvalue weighted by Gasteiger charge is -2.18. The number of carbonyl (C=O) groups excluding carboxylic acids is 1. The van der Waals surface area contributed by atoms with Crippen LogP contribution in [0.2, 0.25) is 0 Å². The fraction of sp³-hybridized carbons (Fsp3) is 0.467. The molecule has 0 fully saturated rings. The van der Waals surface area contributed by atoms with Crippen LogP contribution in [-0.2, 0) is 6.54 Å². The molecule has 102 valence electrons. The Bertz CT molecular complexity index is 606. The third kappa shape index (κ3) is 2.84. The van der Waals surface area contributed by atoms with Gasteiger partial charge >= 0.3 is 0 Å². The first-order valence-corrected chi connectivity index (χ1v) is 6.50. The molecule has 0 unspecified atom stereocenters. The number of nitrogens with zero attached hydrogens (tertiary/aromatic N) is 2. The Morgan fingerprint density at radius 2 is 2.16 bits per heavy atom. The molecule has 0 aliphatic rings. The largest absolute Gasteiger partial charge is 0.389 e. The van der Waals surface area contributed by atoms with E-state index >= 15 is 0 Å². The normalized spacial score (nSPS) is 12.3. The van der Waals surface area contributed by atoms with Crippen molar-refractivity contribution in [3.8, 4) is 0 Å². The molecule has 2 aromatic rings. The second-order valence-corrected chi connectivity index (χ2v) is 5.88. The number of carbonyl (C=O) groups is 1. The van der Waals surface area contributed by atoms with Crippen molar-refractivity contribution >= 4 is 16.8 Å². The molecule has 2 aromatic heterocycles. The van der Waals surface area contributed by atoms with Crippen molar-refractivity contribution in [1.82, 2.24) is 9.55 Å². The van der Waals surface area contributed by atoms with Gasteiger partial charge in [-0.25, -0.2) is 4.98 Å². The van der Waals surface area contributed by atoms with E-state index < -0.39 is 5.60 Å². The minimum absolute atomic E-state index is 0.0543. The van der Waals surface area contributed by atoms with Crippen LogP contribution in [-0.4, -0.2) is 26.0 Å². The van der Waals surface area contributed by atoms with Crippen molar-refractivity contribution in [3.63, 3.8) is 0 Å². The SMILES string of the molecule is CC(C)C(=O)c1cn(CC(C)(C)O)c2ncccc12. The summed E-state index contributed by atoms with van der Waals surface area (Å²) in [5.74, 6) is 0.0499. The lowest BCUT2D eigenvalue weighted by molar-refractivity contribution is 0.0625. The van der Waals surface area contributed by atoms with Crippen LogP contribution in [0, 0.1) is 5.92 Å². The van der Waals surface area contributed by atoms with E-state index in [9.17, 15) is 9.90 Å². The molecule has 0 bridgehead atoms. The molecule has 0 saturated heterocycles. The van der Waals surface area contributed by atoms with E-state index in [1.807, 2.05) is 30.5 Å². The third-order valence-corrected chi connectivity index (χ3v) is 2.98. The fourth-order valence-corrected chi connectivity index (χ4v) is 2.17. The highest BCUT2D eigenvalue weighted by molar-refractivity contribution is 6.08. The predicted octanol–water partition coefficient (Wildman–Crippen LogP) is 2.65. The van der Waals surface area contributed by atoms with Gasteiger partial charge < -0.3 is 9.67 Å². The van der Waals surface area contributed by atoms with Gasteiger partial charge in [0.1, 0.15) is 5.65 Å². The number of aromatic nitrogens is 2. The smallest absolute Gasteiger partial charge is 0.167 e. The summed E-state index contributed by atoms with van der Waals surface area (Å²) in [6.45, 7) is 7.67. The topological polar surface area (TPSA) is 55.1 Å². The van der Waals surface area contributed by atoms with Gasteiger partial charge in [0.2, 0.25) is 0 Å². The minimum Gasteiger partial charge on any atom is -0.389 e. The van der Waals surface area contributed by atoms with Crippen molar-refractivity contribution in [3.05, 3.63) is 30.1 Å². The molecular weight excluding hydrogens is 240 g/mol. The molecule has 1 N–H and O–H groups in total. The summed E-state index contributed by atoms with van der Waals surface area (Å²) in [6.07, 6.45) is 3.50. The van der Waals surface area contributed by atoms with E-state index in [0.29, 0.717) is 12.1 Å². The van der Waals surface area contributed by atoms with Gasteiger partial charge in [-0.05, 0) is 26.0 Å². The zero-order chi connectivity index (χ0) is 14.2. The summed E-state index contributed by atoms with van der Waals surface area (Å²) in [5.41, 5.74) is 0.581. The van der Waals surface area contributed by atoms with Gasteiger partial charge in [0.05, 0.1) is 12.1 Å². The lowest BCUT2D eigenvalue weighted by atomic mass is 10.0. The average Bonchev–Trinajstić information content (AvgIpc) is 2.65. The van der Waals surface area contributed by atoms with E-state index in [0.717, 1.165) is 11.0 Å². The standard InChI is InChI=1S/C15H20N2O2/c1-10(2)13(18)12-8-17(9-15(3,4)19)14-11(12)6-5-7-16-14/h5-8,10,19H,9H2,1-4H3. The van der Waals surface area contributed by atoms with Crippen molar-refractivity contribution in [2.24, 2.45) is 5.92 Å². The summed E-state index contributed by atoms with van der Waals surface area (Å²) in [6, 6.07) is 3.73. The molecule has 0 aromatic carbocycles. The van der Waals surface area contributed by atoms with Crippen LogP contribution in [0.4, 0.5) is 0 Å². The van der Waals surface area contributed by atoms with E-state index in [4.69, 9.17) is 0 Å². The van der Waals surface area contributed by atoms with E-state index in [2.05, 4.69) is 4.98 Å². The molecule has 0 amide bonds. The van der Waals surface area contributed by atoms with Crippen molar-refractivity contribution in [2.75, 3.05) is 0 Å². The maximum atomic E-state index is 12.2. The Labute approximate surface area is 113 Å². The first-order valence-electron chi connectivity index (χ1n) is 6.50. The number of hydrogen-bond acceptors (Lipinski definition) is 3. The highest BCUT2D eigenvalue weighted by atomic mass is 16.3. The fourth-order valence-electron chi connectivity index (χ4n) is 2.17. The van der Waals surface area contributed by atoms with Gasteiger partial charge in [-0.15, -0.1) is 0 Å². The van der Waals surface area contributed by atoms with Gasteiger partial charge in [-0.1, -0.05) is 13.8 Å². The van der Waals surface area contributed by atoms with Gasteiger partial charge in [0.25, 0.3) is 0 Å². The zero-order valence-electron chi connectivity index (χ0n) is 11.8. The van der Waals surface area contributed by atoms with Gasteiger partial charge in [-0.3, -0.25) is 4.79 Å².